The van der Waals surface area contributed by atoms with Gasteiger partial charge in [-0.1, -0.05) is 18.2 Å². The predicted octanol–water partition coefficient (Wildman–Crippen LogP) is 3.11. The average molecular weight is 342 g/mol. The standard InChI is InChI=1S/C19H22N2O4/c1-4-24-19(22)14-25-17-11-10-15(12-18(17)23-3)13-20-21(2)16-8-6-5-7-9-16/h5-13H,4,14H2,1-3H3. The van der Waals surface area contributed by atoms with Crippen molar-refractivity contribution in [3.05, 3.63) is 54.1 Å². The molecule has 2 aromatic carbocycles. The van der Waals surface area contributed by atoms with Crippen LogP contribution >= 0.6 is 0 Å². The van der Waals surface area contributed by atoms with E-state index >= 15 is 0 Å². The van der Waals surface area contributed by atoms with Crippen molar-refractivity contribution >= 4 is 17.9 Å². The van der Waals surface area contributed by atoms with Gasteiger partial charge in [-0.15, -0.1) is 0 Å². The Hall–Kier alpha value is -3.02. The topological polar surface area (TPSA) is 60.4 Å². The largest absolute Gasteiger partial charge is 0.493 e. The molecule has 25 heavy (non-hydrogen) atoms. The van der Waals surface area contributed by atoms with Gasteiger partial charge in [-0.2, -0.15) is 5.10 Å². The number of para-hydroxylation sites is 1. The summed E-state index contributed by atoms with van der Waals surface area (Å²) in [7, 11) is 3.42. The summed E-state index contributed by atoms with van der Waals surface area (Å²) in [6.45, 7) is 1.91. The van der Waals surface area contributed by atoms with Crippen molar-refractivity contribution in [2.45, 2.75) is 6.92 Å². The van der Waals surface area contributed by atoms with E-state index in [4.69, 9.17) is 14.2 Å². The van der Waals surface area contributed by atoms with Gasteiger partial charge in [-0.25, -0.2) is 4.79 Å². The molecular weight excluding hydrogens is 320 g/mol. The van der Waals surface area contributed by atoms with Gasteiger partial charge in [0.05, 0.1) is 25.6 Å². The molecule has 132 valence electrons. The Morgan fingerprint density at radius 3 is 2.60 bits per heavy atom. The molecule has 2 aromatic rings. The SMILES string of the molecule is CCOC(=O)COc1ccc(C=NN(C)c2ccccc2)cc1OC. The van der Waals surface area contributed by atoms with E-state index < -0.39 is 5.97 Å². The van der Waals surface area contributed by atoms with Gasteiger partial charge in [0.15, 0.2) is 18.1 Å². The van der Waals surface area contributed by atoms with E-state index in [1.54, 1.807) is 37.4 Å². The van der Waals surface area contributed by atoms with Gasteiger partial charge in [0.2, 0.25) is 0 Å². The highest BCUT2D eigenvalue weighted by atomic mass is 16.6. The highest BCUT2D eigenvalue weighted by Gasteiger charge is 2.09. The number of hydrogen-bond acceptors (Lipinski definition) is 6. The molecule has 0 heterocycles. The minimum atomic E-state index is -0.417. The first-order valence-corrected chi connectivity index (χ1v) is 7.93. The fourth-order valence-electron chi connectivity index (χ4n) is 2.09. The number of carbonyl (C=O) groups is 1. The first kappa shape index (κ1) is 18.3. The number of hydrazone groups is 1. The number of esters is 1. The Bertz CT molecular complexity index is 717. The molecule has 0 saturated carbocycles. The van der Waals surface area contributed by atoms with E-state index in [1.807, 2.05) is 43.4 Å². The molecule has 0 aliphatic carbocycles. The summed E-state index contributed by atoms with van der Waals surface area (Å²) in [5.74, 6) is 0.583. The van der Waals surface area contributed by atoms with E-state index in [1.165, 1.54) is 0 Å². The van der Waals surface area contributed by atoms with Gasteiger partial charge in [-0.3, -0.25) is 5.01 Å². The monoisotopic (exact) mass is 342 g/mol. The van der Waals surface area contributed by atoms with Crippen molar-refractivity contribution in [3.63, 3.8) is 0 Å². The summed E-state index contributed by atoms with van der Waals surface area (Å²) >= 11 is 0. The second kappa shape index (κ2) is 9.32. The summed E-state index contributed by atoms with van der Waals surface area (Å²) in [6, 6.07) is 15.2. The van der Waals surface area contributed by atoms with Crippen molar-refractivity contribution in [1.29, 1.82) is 0 Å². The minimum absolute atomic E-state index is 0.158. The number of benzene rings is 2. The maximum Gasteiger partial charge on any atom is 0.344 e. The van der Waals surface area contributed by atoms with Crippen LogP contribution in [0.15, 0.2) is 53.6 Å². The number of ether oxygens (including phenoxy) is 3. The molecule has 0 spiro atoms. The van der Waals surface area contributed by atoms with Gasteiger partial charge < -0.3 is 14.2 Å². The molecule has 0 aliphatic heterocycles. The smallest absolute Gasteiger partial charge is 0.344 e. The third-order valence-electron chi connectivity index (χ3n) is 3.35. The molecule has 6 nitrogen and oxygen atoms in total. The Labute approximate surface area is 147 Å². The quantitative estimate of drug-likeness (QED) is 0.419. The predicted molar refractivity (Wildman–Crippen MR) is 97.6 cm³/mol. The van der Waals surface area contributed by atoms with Crippen LogP contribution in [0.25, 0.3) is 0 Å². The highest BCUT2D eigenvalue weighted by Crippen LogP contribution is 2.27. The molecular formula is C19H22N2O4. The molecule has 0 unspecified atom stereocenters. The van der Waals surface area contributed by atoms with Crippen LogP contribution < -0.4 is 14.5 Å². The van der Waals surface area contributed by atoms with E-state index in [0.717, 1.165) is 11.3 Å². The number of methoxy groups -OCH3 is 1. The van der Waals surface area contributed by atoms with E-state index in [9.17, 15) is 4.79 Å². The summed E-state index contributed by atoms with van der Waals surface area (Å²) in [6.07, 6.45) is 1.73. The van der Waals surface area contributed by atoms with Gasteiger partial charge in [0, 0.05) is 7.05 Å². The van der Waals surface area contributed by atoms with Crippen LogP contribution in [0.4, 0.5) is 5.69 Å². The lowest BCUT2D eigenvalue weighted by Crippen LogP contribution is -2.15. The van der Waals surface area contributed by atoms with Crippen molar-refractivity contribution in [2.75, 3.05) is 32.4 Å². The van der Waals surface area contributed by atoms with Crippen molar-refractivity contribution < 1.29 is 19.0 Å². The fraction of sp³-hybridized carbons (Fsp3) is 0.263. The maximum atomic E-state index is 11.4. The lowest BCUT2D eigenvalue weighted by molar-refractivity contribution is -0.145. The molecule has 0 bridgehead atoms. The highest BCUT2D eigenvalue weighted by molar-refractivity contribution is 5.81. The first-order chi connectivity index (χ1) is 12.1. The molecule has 0 atom stereocenters. The molecule has 0 aliphatic rings. The molecule has 0 N–H and O–H groups in total. The van der Waals surface area contributed by atoms with E-state index in [0.29, 0.717) is 18.1 Å². The lowest BCUT2D eigenvalue weighted by Gasteiger charge is -2.13. The Morgan fingerprint density at radius 1 is 1.16 bits per heavy atom. The number of hydrogen-bond donors (Lipinski definition) is 0. The third kappa shape index (κ3) is 5.53. The van der Waals surface area contributed by atoms with Crippen LogP contribution in [0.3, 0.4) is 0 Å². The molecule has 2 rings (SSSR count). The molecule has 6 heteroatoms. The van der Waals surface area contributed by atoms with Crippen LogP contribution in [-0.2, 0) is 9.53 Å². The van der Waals surface area contributed by atoms with Gasteiger partial charge in [0.25, 0.3) is 0 Å². The minimum Gasteiger partial charge on any atom is -0.493 e. The molecule has 0 saturated heterocycles. The summed E-state index contributed by atoms with van der Waals surface area (Å²) < 4.78 is 15.6. The number of carbonyl (C=O) groups excluding carboxylic acids is 1. The van der Waals surface area contributed by atoms with Crippen LogP contribution in [0.2, 0.25) is 0 Å². The van der Waals surface area contributed by atoms with Crippen molar-refractivity contribution in [2.24, 2.45) is 5.10 Å². The molecule has 0 amide bonds. The van der Waals surface area contributed by atoms with E-state index in [-0.39, 0.29) is 6.61 Å². The summed E-state index contributed by atoms with van der Waals surface area (Å²) in [5, 5.41) is 6.18. The zero-order valence-corrected chi connectivity index (χ0v) is 14.6. The van der Waals surface area contributed by atoms with E-state index in [2.05, 4.69) is 5.10 Å². The Kier molecular flexibility index (Phi) is 6.83. The second-order valence-corrected chi connectivity index (χ2v) is 5.11. The number of anilines is 1. The lowest BCUT2D eigenvalue weighted by atomic mass is 10.2. The normalized spacial score (nSPS) is 10.5. The summed E-state index contributed by atoms with van der Waals surface area (Å²) in [5.41, 5.74) is 1.84. The van der Waals surface area contributed by atoms with Crippen LogP contribution in [0.1, 0.15) is 12.5 Å². The Balaban J connectivity index is 2.05. The average Bonchev–Trinajstić information content (AvgIpc) is 2.65. The first-order valence-electron chi connectivity index (χ1n) is 7.93. The van der Waals surface area contributed by atoms with Gasteiger partial charge in [0.1, 0.15) is 0 Å². The van der Waals surface area contributed by atoms with Crippen molar-refractivity contribution in [1.82, 2.24) is 0 Å². The maximum absolute atomic E-state index is 11.4. The third-order valence-corrected chi connectivity index (χ3v) is 3.35. The number of nitrogens with zero attached hydrogens (tertiary/aromatic N) is 2. The summed E-state index contributed by atoms with van der Waals surface area (Å²) in [4.78, 5) is 11.4. The molecule has 0 fully saturated rings. The van der Waals surface area contributed by atoms with Gasteiger partial charge in [-0.05, 0) is 42.8 Å². The zero-order valence-electron chi connectivity index (χ0n) is 14.6. The fourth-order valence-corrected chi connectivity index (χ4v) is 2.09. The Morgan fingerprint density at radius 2 is 1.92 bits per heavy atom. The van der Waals surface area contributed by atoms with Crippen molar-refractivity contribution in [3.8, 4) is 11.5 Å². The molecule has 0 radical (unpaired) electrons. The second-order valence-electron chi connectivity index (χ2n) is 5.11. The van der Waals surface area contributed by atoms with Gasteiger partial charge >= 0.3 is 5.97 Å². The van der Waals surface area contributed by atoms with Crippen LogP contribution in [0.5, 0.6) is 11.5 Å². The molecule has 0 aromatic heterocycles. The van der Waals surface area contributed by atoms with Crippen LogP contribution in [-0.4, -0.2) is 39.6 Å². The van der Waals surface area contributed by atoms with Crippen LogP contribution in [0, 0.1) is 0 Å². The zero-order chi connectivity index (χ0) is 18.1. The number of rotatable bonds is 8.